The Labute approximate surface area is 214 Å². The maximum absolute atomic E-state index is 12.9. The Morgan fingerprint density at radius 2 is 2.08 bits per heavy atom. The molecular formula is C24H24F2N8O2S. The molecule has 0 spiro atoms. The maximum Gasteiger partial charge on any atom is 0.270 e. The van der Waals surface area contributed by atoms with Crippen molar-refractivity contribution >= 4 is 40.5 Å². The Morgan fingerprint density at radius 3 is 2.78 bits per heavy atom. The number of hydrogen-bond donors (Lipinski definition) is 4. The highest BCUT2D eigenvalue weighted by molar-refractivity contribution is 7.99. The molecule has 1 saturated heterocycles. The molecule has 1 fully saturated rings. The minimum Gasteiger partial charge on any atom is -0.395 e. The van der Waals surface area contributed by atoms with Gasteiger partial charge in [0.25, 0.3) is 6.08 Å². The molecule has 5 rings (SSSR count). The predicted molar refractivity (Wildman–Crippen MR) is 135 cm³/mol. The molecule has 0 saturated carbocycles. The van der Waals surface area contributed by atoms with Crippen molar-refractivity contribution in [3.05, 3.63) is 66.0 Å². The number of fused-ring (bicyclic) bond motifs is 1. The van der Waals surface area contributed by atoms with Gasteiger partial charge in [-0.2, -0.15) is 13.9 Å². The van der Waals surface area contributed by atoms with Crippen LogP contribution in [0.2, 0.25) is 0 Å². The van der Waals surface area contributed by atoms with Crippen LogP contribution in [0.3, 0.4) is 0 Å². The van der Waals surface area contributed by atoms with E-state index in [1.807, 2.05) is 43.5 Å². The summed E-state index contributed by atoms with van der Waals surface area (Å²) in [5, 5.41) is 27.6. The van der Waals surface area contributed by atoms with Crippen LogP contribution in [0.4, 0.5) is 26.1 Å². The fourth-order valence-electron chi connectivity index (χ4n) is 4.10. The van der Waals surface area contributed by atoms with Gasteiger partial charge in [-0.25, -0.2) is 9.50 Å². The number of carbonyl (C=O) groups excluding carboxylic acids is 1. The Kier molecular flexibility index (Phi) is 7.17. The van der Waals surface area contributed by atoms with Gasteiger partial charge in [0, 0.05) is 46.7 Å². The summed E-state index contributed by atoms with van der Waals surface area (Å²) in [7, 11) is 0. The first-order valence-corrected chi connectivity index (χ1v) is 12.3. The second-order valence-corrected chi connectivity index (χ2v) is 9.67. The lowest BCUT2D eigenvalue weighted by Gasteiger charge is -2.21. The molecule has 4 N–H and O–H groups in total. The predicted octanol–water partition coefficient (Wildman–Crippen LogP) is 3.81. The van der Waals surface area contributed by atoms with E-state index in [2.05, 4.69) is 30.9 Å². The van der Waals surface area contributed by atoms with Crippen molar-refractivity contribution in [3.63, 3.8) is 0 Å². The number of halogens is 2. The molecule has 4 aromatic rings. The smallest absolute Gasteiger partial charge is 0.270 e. The van der Waals surface area contributed by atoms with E-state index in [0.29, 0.717) is 22.5 Å². The van der Waals surface area contributed by atoms with Crippen LogP contribution in [0, 0.1) is 6.92 Å². The number of rotatable bonds is 8. The Bertz CT molecular complexity index is 1450. The number of aliphatic hydroxyl groups excluding tert-OH is 1. The molecular weight excluding hydrogens is 502 g/mol. The van der Waals surface area contributed by atoms with E-state index in [1.54, 1.807) is 21.5 Å². The Balaban J connectivity index is 1.24. The highest BCUT2D eigenvalue weighted by atomic mass is 32.2. The summed E-state index contributed by atoms with van der Waals surface area (Å²) in [4.78, 5) is 19.6. The van der Waals surface area contributed by atoms with Crippen molar-refractivity contribution in [3.8, 4) is 0 Å². The van der Waals surface area contributed by atoms with Gasteiger partial charge < -0.3 is 15.7 Å². The minimum atomic E-state index is -1.74. The van der Waals surface area contributed by atoms with Crippen molar-refractivity contribution in [2.45, 2.75) is 29.4 Å². The van der Waals surface area contributed by atoms with Crippen LogP contribution in [0.15, 0.2) is 70.4 Å². The van der Waals surface area contributed by atoms with E-state index in [1.165, 1.54) is 11.8 Å². The van der Waals surface area contributed by atoms with Crippen molar-refractivity contribution < 1.29 is 18.7 Å². The number of carbonyl (C=O) groups is 1. The molecule has 4 heterocycles. The first-order valence-electron chi connectivity index (χ1n) is 11.5. The summed E-state index contributed by atoms with van der Waals surface area (Å²) in [6.45, 7) is 1.51. The van der Waals surface area contributed by atoms with Gasteiger partial charge in [0.15, 0.2) is 11.6 Å². The van der Waals surface area contributed by atoms with Crippen molar-refractivity contribution in [2.75, 3.05) is 30.3 Å². The summed E-state index contributed by atoms with van der Waals surface area (Å²) in [6.07, 6.45) is 0.157. The topological polar surface area (TPSA) is 123 Å². The van der Waals surface area contributed by atoms with Gasteiger partial charge in [-0.1, -0.05) is 0 Å². The quantitative estimate of drug-likeness (QED) is 0.273. The number of nitrogens with one attached hydrogen (secondary N) is 3. The van der Waals surface area contributed by atoms with E-state index in [-0.39, 0.29) is 37.6 Å². The number of aliphatic hydroxyl groups is 1. The third-order valence-electron chi connectivity index (χ3n) is 5.89. The Hall–Kier alpha value is -3.81. The van der Waals surface area contributed by atoms with E-state index >= 15 is 0 Å². The van der Waals surface area contributed by atoms with E-state index in [9.17, 15) is 18.7 Å². The molecule has 0 aliphatic carbocycles. The van der Waals surface area contributed by atoms with Gasteiger partial charge >= 0.3 is 0 Å². The molecule has 0 bridgehead atoms. The van der Waals surface area contributed by atoms with Crippen LogP contribution in [0.25, 0.3) is 5.52 Å². The molecule has 0 radical (unpaired) electrons. The second-order valence-electron chi connectivity index (χ2n) is 8.63. The number of amides is 1. The standard InChI is InChI=1S/C24H24F2N8O2S/c1-14-9-20(31-30-14)28-23-19-3-2-8-34(19)32-24(29-23)37-18-6-4-16(5-7-18)27-21(36)12-33-11-15(22(25)26)10-17(33)13-35/h2-9,17,35H,10-13H2,1H3,(H,27,36)(H2,28,29,30,31,32)/t17-/m0/s1. The molecule has 1 aromatic carbocycles. The first kappa shape index (κ1) is 24.9. The third-order valence-corrected chi connectivity index (χ3v) is 6.75. The van der Waals surface area contributed by atoms with Crippen LogP contribution in [-0.4, -0.2) is 66.4 Å². The lowest BCUT2D eigenvalue weighted by atomic mass is 10.2. The number of aromatic amines is 1. The lowest BCUT2D eigenvalue weighted by molar-refractivity contribution is -0.117. The SMILES string of the molecule is Cc1cc(Nc2nc(Sc3ccc(NC(=O)CN4CC(=C(F)F)C[C@H]4CO)cc3)nn3cccc23)n[nH]1. The summed E-state index contributed by atoms with van der Waals surface area (Å²) in [5.41, 5.74) is 2.26. The summed E-state index contributed by atoms with van der Waals surface area (Å²) >= 11 is 1.36. The fourth-order valence-corrected chi connectivity index (χ4v) is 4.85. The van der Waals surface area contributed by atoms with Gasteiger partial charge in [0.1, 0.15) is 5.52 Å². The van der Waals surface area contributed by atoms with Gasteiger partial charge in [0.2, 0.25) is 11.1 Å². The molecule has 10 nitrogen and oxygen atoms in total. The molecule has 1 aliphatic heterocycles. The molecule has 3 aromatic heterocycles. The molecule has 13 heteroatoms. The number of nitrogens with zero attached hydrogens (tertiary/aromatic N) is 5. The summed E-state index contributed by atoms with van der Waals surface area (Å²) in [6, 6.07) is 12.3. The molecule has 1 aliphatic rings. The number of anilines is 3. The number of H-pyrrole nitrogens is 1. The largest absolute Gasteiger partial charge is 0.395 e. The third kappa shape index (κ3) is 5.79. The average Bonchev–Trinajstić information content (AvgIpc) is 3.60. The minimum absolute atomic E-state index is 0.0289. The number of benzene rings is 1. The van der Waals surface area contributed by atoms with Crippen molar-refractivity contribution in [2.24, 2.45) is 0 Å². The first-order chi connectivity index (χ1) is 17.9. The van der Waals surface area contributed by atoms with E-state index in [0.717, 1.165) is 16.1 Å². The molecule has 37 heavy (non-hydrogen) atoms. The number of likely N-dealkylation sites (tertiary alicyclic amines) is 1. The summed E-state index contributed by atoms with van der Waals surface area (Å²) < 4.78 is 27.6. The van der Waals surface area contributed by atoms with Crippen LogP contribution in [0.1, 0.15) is 12.1 Å². The van der Waals surface area contributed by atoms with Gasteiger partial charge in [-0.05, 0) is 61.5 Å². The molecule has 1 amide bonds. The van der Waals surface area contributed by atoms with Crippen LogP contribution in [0.5, 0.6) is 0 Å². The van der Waals surface area contributed by atoms with Crippen LogP contribution < -0.4 is 10.6 Å². The molecule has 1 atom stereocenters. The van der Waals surface area contributed by atoms with Gasteiger partial charge in [-0.15, -0.1) is 5.10 Å². The highest BCUT2D eigenvalue weighted by Gasteiger charge is 2.31. The van der Waals surface area contributed by atoms with E-state index in [4.69, 9.17) is 0 Å². The zero-order valence-electron chi connectivity index (χ0n) is 19.8. The average molecular weight is 527 g/mol. The van der Waals surface area contributed by atoms with E-state index < -0.39 is 12.1 Å². The maximum atomic E-state index is 12.9. The normalized spacial score (nSPS) is 15.9. The number of aromatic nitrogens is 5. The molecule has 0 unspecified atom stereocenters. The zero-order chi connectivity index (χ0) is 25.9. The van der Waals surface area contributed by atoms with Crippen LogP contribution in [-0.2, 0) is 4.79 Å². The van der Waals surface area contributed by atoms with Crippen molar-refractivity contribution in [1.29, 1.82) is 0 Å². The Morgan fingerprint density at radius 1 is 1.27 bits per heavy atom. The van der Waals surface area contributed by atoms with Gasteiger partial charge in [0.05, 0.1) is 13.2 Å². The number of hydrogen-bond acceptors (Lipinski definition) is 8. The van der Waals surface area contributed by atoms with Crippen molar-refractivity contribution in [1.82, 2.24) is 29.7 Å². The van der Waals surface area contributed by atoms with Gasteiger partial charge in [-0.3, -0.25) is 14.8 Å². The number of aryl methyl sites for hydroxylation is 1. The summed E-state index contributed by atoms with van der Waals surface area (Å²) in [5.74, 6) is 0.924. The zero-order valence-corrected chi connectivity index (χ0v) is 20.6. The lowest BCUT2D eigenvalue weighted by Crippen LogP contribution is -2.38. The highest BCUT2D eigenvalue weighted by Crippen LogP contribution is 2.29. The fraction of sp³-hybridized carbons (Fsp3) is 0.250. The van der Waals surface area contributed by atoms with Crippen LogP contribution >= 0.6 is 11.8 Å². The second kappa shape index (κ2) is 10.7. The monoisotopic (exact) mass is 526 g/mol. The molecule has 192 valence electrons.